The number of aliphatic carboxylic acids is 1. The van der Waals surface area contributed by atoms with Gasteiger partial charge in [-0.1, -0.05) is 5.92 Å². The minimum Gasteiger partial charge on any atom is -0.480 e. The monoisotopic (exact) mass is 224 g/mol. The zero-order valence-electron chi connectivity index (χ0n) is 8.38. The maximum atomic E-state index is 10.6. The third-order valence-corrected chi connectivity index (χ3v) is 2.99. The summed E-state index contributed by atoms with van der Waals surface area (Å²) < 4.78 is 0. The first kappa shape index (κ1) is 11.7. The number of nitrogens with zero attached hydrogens (tertiary/aromatic N) is 2. The van der Waals surface area contributed by atoms with Gasteiger partial charge in [0.25, 0.3) is 0 Å². The molecule has 4 nitrogen and oxygen atoms in total. The van der Waals surface area contributed by atoms with Gasteiger partial charge in [-0.2, -0.15) is 0 Å². The highest BCUT2D eigenvalue weighted by molar-refractivity contribution is 7.09. The Balaban J connectivity index is 2.71. The van der Waals surface area contributed by atoms with Crippen molar-refractivity contribution in [1.82, 2.24) is 9.88 Å². The lowest BCUT2D eigenvalue weighted by atomic mass is 10.2. The lowest BCUT2D eigenvalue weighted by Crippen LogP contribution is -2.32. The molecular weight excluding hydrogens is 212 g/mol. The number of carbonyl (C=O) groups is 1. The van der Waals surface area contributed by atoms with E-state index in [1.54, 1.807) is 16.6 Å². The van der Waals surface area contributed by atoms with Crippen LogP contribution in [0, 0.1) is 12.3 Å². The van der Waals surface area contributed by atoms with Gasteiger partial charge >= 0.3 is 5.97 Å². The molecule has 0 saturated carbocycles. The first-order chi connectivity index (χ1) is 7.15. The second kappa shape index (κ2) is 5.49. The van der Waals surface area contributed by atoms with Gasteiger partial charge in [-0.3, -0.25) is 14.7 Å². The maximum absolute atomic E-state index is 10.6. The lowest BCUT2D eigenvalue weighted by molar-refractivity contribution is -0.138. The normalized spacial score (nSPS) is 12.3. The van der Waals surface area contributed by atoms with E-state index in [-0.39, 0.29) is 12.6 Å². The summed E-state index contributed by atoms with van der Waals surface area (Å²) in [5.74, 6) is 1.59. The fraction of sp³-hybridized carbons (Fsp3) is 0.400. The van der Waals surface area contributed by atoms with Gasteiger partial charge in [0, 0.05) is 17.1 Å². The van der Waals surface area contributed by atoms with Gasteiger partial charge in [0.15, 0.2) is 0 Å². The van der Waals surface area contributed by atoms with Gasteiger partial charge in [0.05, 0.1) is 18.6 Å². The van der Waals surface area contributed by atoms with Crippen LogP contribution in [0.1, 0.15) is 17.8 Å². The summed E-state index contributed by atoms with van der Waals surface area (Å²) >= 11 is 1.50. The predicted molar refractivity (Wildman–Crippen MR) is 58.6 cm³/mol. The van der Waals surface area contributed by atoms with Gasteiger partial charge in [-0.05, 0) is 6.92 Å². The number of carboxylic acids is 1. The largest absolute Gasteiger partial charge is 0.480 e. The molecule has 0 amide bonds. The van der Waals surface area contributed by atoms with Crippen molar-refractivity contribution in [3.05, 3.63) is 16.6 Å². The third-order valence-electron chi connectivity index (χ3n) is 2.04. The van der Waals surface area contributed by atoms with E-state index in [4.69, 9.17) is 11.5 Å². The Morgan fingerprint density at radius 3 is 3.07 bits per heavy atom. The number of hydrogen-bond donors (Lipinski definition) is 1. The summed E-state index contributed by atoms with van der Waals surface area (Å²) in [4.78, 5) is 17.3. The highest BCUT2D eigenvalue weighted by Crippen LogP contribution is 2.22. The number of terminal acetylenes is 1. The number of hydrogen-bond acceptors (Lipinski definition) is 4. The zero-order valence-corrected chi connectivity index (χ0v) is 9.20. The first-order valence-corrected chi connectivity index (χ1v) is 5.30. The second-order valence-corrected chi connectivity index (χ2v) is 4.00. The summed E-state index contributed by atoms with van der Waals surface area (Å²) in [5, 5.41) is 8.73. The Morgan fingerprint density at radius 1 is 1.87 bits per heavy atom. The standard InChI is InChI=1S/C10H12N2O2S/c1-3-4-12(6-10(13)14)8(2)9-5-11-7-15-9/h1,5,7-8H,4,6H2,2H3,(H,13,14). The van der Waals surface area contributed by atoms with Crippen LogP contribution in [0.2, 0.25) is 0 Å². The molecule has 1 unspecified atom stereocenters. The quantitative estimate of drug-likeness (QED) is 0.764. The highest BCUT2D eigenvalue weighted by atomic mass is 32.1. The van der Waals surface area contributed by atoms with E-state index in [9.17, 15) is 4.79 Å². The average molecular weight is 224 g/mol. The van der Waals surface area contributed by atoms with Crippen LogP contribution >= 0.6 is 11.3 Å². The van der Waals surface area contributed by atoms with Crippen molar-refractivity contribution in [2.45, 2.75) is 13.0 Å². The van der Waals surface area contributed by atoms with Crippen LogP contribution in [0.4, 0.5) is 0 Å². The van der Waals surface area contributed by atoms with Crippen LogP contribution < -0.4 is 0 Å². The molecule has 80 valence electrons. The predicted octanol–water partition coefficient (Wildman–Crippen LogP) is 1.22. The molecule has 1 N–H and O–H groups in total. The van der Waals surface area contributed by atoms with Gasteiger partial charge in [0.1, 0.15) is 0 Å². The third kappa shape index (κ3) is 3.35. The fourth-order valence-electron chi connectivity index (χ4n) is 1.23. The molecule has 1 atom stereocenters. The molecule has 15 heavy (non-hydrogen) atoms. The Hall–Kier alpha value is -1.38. The number of thiazole rings is 1. The van der Waals surface area contributed by atoms with E-state index in [2.05, 4.69) is 10.9 Å². The van der Waals surface area contributed by atoms with Crippen LogP contribution in [0.3, 0.4) is 0 Å². The van der Waals surface area contributed by atoms with E-state index in [0.29, 0.717) is 6.54 Å². The van der Waals surface area contributed by atoms with E-state index >= 15 is 0 Å². The minimum absolute atomic E-state index is 0.00958. The van der Waals surface area contributed by atoms with Crippen LogP contribution in [0.5, 0.6) is 0 Å². The highest BCUT2D eigenvalue weighted by Gasteiger charge is 2.18. The Kier molecular flexibility index (Phi) is 4.28. The van der Waals surface area contributed by atoms with Gasteiger partial charge in [-0.25, -0.2) is 0 Å². The second-order valence-electron chi connectivity index (χ2n) is 3.08. The van der Waals surface area contributed by atoms with E-state index in [1.165, 1.54) is 11.3 Å². The van der Waals surface area contributed by atoms with Crippen molar-refractivity contribution in [3.63, 3.8) is 0 Å². The maximum Gasteiger partial charge on any atom is 0.317 e. The summed E-state index contributed by atoms with van der Waals surface area (Å²) in [6.07, 6.45) is 6.94. The van der Waals surface area contributed by atoms with Crippen molar-refractivity contribution in [2.24, 2.45) is 0 Å². The summed E-state index contributed by atoms with van der Waals surface area (Å²) in [6, 6.07) is -0.00958. The Morgan fingerprint density at radius 2 is 2.60 bits per heavy atom. The number of carboxylic acid groups (broad SMARTS) is 1. The van der Waals surface area contributed by atoms with E-state index < -0.39 is 5.97 Å². The molecule has 1 aromatic heterocycles. The first-order valence-electron chi connectivity index (χ1n) is 4.43. The van der Waals surface area contributed by atoms with Crippen LogP contribution in [-0.4, -0.2) is 34.0 Å². The topological polar surface area (TPSA) is 53.4 Å². The molecule has 0 spiro atoms. The molecule has 0 bridgehead atoms. The van der Waals surface area contributed by atoms with Crippen molar-refractivity contribution in [1.29, 1.82) is 0 Å². The number of rotatable bonds is 5. The van der Waals surface area contributed by atoms with E-state index in [1.807, 2.05) is 6.92 Å². The van der Waals surface area contributed by atoms with Crippen molar-refractivity contribution in [3.8, 4) is 12.3 Å². The van der Waals surface area contributed by atoms with Gasteiger partial charge in [0.2, 0.25) is 0 Å². The molecule has 1 rings (SSSR count). The molecule has 0 aliphatic rings. The average Bonchev–Trinajstić information content (AvgIpc) is 2.68. The lowest BCUT2D eigenvalue weighted by Gasteiger charge is -2.23. The van der Waals surface area contributed by atoms with Crippen LogP contribution in [0.25, 0.3) is 0 Å². The molecule has 0 fully saturated rings. The van der Waals surface area contributed by atoms with Crippen LogP contribution in [0.15, 0.2) is 11.7 Å². The SMILES string of the molecule is C#CCN(CC(=O)O)C(C)c1cncs1. The smallest absolute Gasteiger partial charge is 0.317 e. The molecule has 1 heterocycles. The molecule has 5 heteroatoms. The molecule has 0 saturated heterocycles. The van der Waals surface area contributed by atoms with Crippen molar-refractivity contribution < 1.29 is 9.90 Å². The molecule has 0 aromatic carbocycles. The minimum atomic E-state index is -0.874. The summed E-state index contributed by atoms with van der Waals surface area (Å²) in [5.41, 5.74) is 1.72. The Labute approximate surface area is 92.6 Å². The van der Waals surface area contributed by atoms with E-state index in [0.717, 1.165) is 4.88 Å². The molecule has 0 aliphatic heterocycles. The molecule has 0 aliphatic carbocycles. The number of aromatic nitrogens is 1. The summed E-state index contributed by atoms with van der Waals surface area (Å²) in [7, 11) is 0. The summed E-state index contributed by atoms with van der Waals surface area (Å²) in [6.45, 7) is 2.20. The molecule has 1 aromatic rings. The molecule has 0 radical (unpaired) electrons. The fourth-order valence-corrected chi connectivity index (χ4v) is 1.94. The van der Waals surface area contributed by atoms with Gasteiger partial charge in [-0.15, -0.1) is 17.8 Å². The van der Waals surface area contributed by atoms with Gasteiger partial charge < -0.3 is 5.11 Å². The van der Waals surface area contributed by atoms with Crippen molar-refractivity contribution >= 4 is 17.3 Å². The van der Waals surface area contributed by atoms with Crippen LogP contribution in [-0.2, 0) is 4.79 Å². The zero-order chi connectivity index (χ0) is 11.3. The molecular formula is C10H12N2O2S. The van der Waals surface area contributed by atoms with Crippen molar-refractivity contribution in [2.75, 3.05) is 13.1 Å². The Bertz CT molecular complexity index is 356.